The summed E-state index contributed by atoms with van der Waals surface area (Å²) in [5, 5.41) is 7.38. The summed E-state index contributed by atoms with van der Waals surface area (Å²) in [6, 6.07) is 5.22. The molecule has 1 atom stereocenters. The molecule has 1 aromatic carbocycles. The molecule has 0 bridgehead atoms. The Morgan fingerprint density at radius 1 is 1.28 bits per heavy atom. The lowest BCUT2D eigenvalue weighted by molar-refractivity contribution is -0.164. The van der Waals surface area contributed by atoms with Crippen LogP contribution in [0.5, 0.6) is 0 Å². The molecule has 2 heterocycles. The van der Waals surface area contributed by atoms with Gasteiger partial charge in [-0.2, -0.15) is 17.6 Å². The molecule has 2 aromatic rings. The molecule has 29 heavy (non-hydrogen) atoms. The maximum atomic E-state index is 13.6. The van der Waals surface area contributed by atoms with Crippen molar-refractivity contribution in [2.45, 2.75) is 23.8 Å². The normalized spacial score (nSPS) is 17.5. The van der Waals surface area contributed by atoms with Crippen LogP contribution in [-0.4, -0.2) is 40.6 Å². The van der Waals surface area contributed by atoms with Crippen LogP contribution in [0, 0.1) is 0 Å². The third-order valence-corrected chi connectivity index (χ3v) is 5.23. The predicted molar refractivity (Wildman–Crippen MR) is 104 cm³/mol. The van der Waals surface area contributed by atoms with Crippen molar-refractivity contribution in [2.75, 3.05) is 23.3 Å². The zero-order valence-corrected chi connectivity index (χ0v) is 17.0. The molecular formula is C18H15BrClF4N3O2. The van der Waals surface area contributed by atoms with E-state index in [0.717, 1.165) is 24.3 Å². The molecule has 0 aliphatic carbocycles. The van der Waals surface area contributed by atoms with Gasteiger partial charge >= 0.3 is 11.3 Å². The minimum atomic E-state index is -4.73. The van der Waals surface area contributed by atoms with E-state index in [4.69, 9.17) is 0 Å². The Morgan fingerprint density at radius 2 is 1.93 bits per heavy atom. The van der Waals surface area contributed by atoms with Crippen LogP contribution in [0.4, 0.5) is 29.1 Å². The van der Waals surface area contributed by atoms with Crippen molar-refractivity contribution in [3.05, 3.63) is 52.1 Å². The Kier molecular flexibility index (Phi) is 6.07. The first kappa shape index (κ1) is 21.8. The van der Waals surface area contributed by atoms with E-state index in [0.29, 0.717) is 29.8 Å². The van der Waals surface area contributed by atoms with Crippen LogP contribution in [0.15, 0.2) is 41.0 Å². The molecule has 1 fully saturated rings. The number of carbonyl (C=O) groups excluding carboxylic acids is 1. The highest BCUT2D eigenvalue weighted by Crippen LogP contribution is 2.45. The van der Waals surface area contributed by atoms with Crippen molar-refractivity contribution >= 4 is 44.9 Å². The van der Waals surface area contributed by atoms with Crippen LogP contribution in [0.3, 0.4) is 0 Å². The van der Waals surface area contributed by atoms with Gasteiger partial charge in [0, 0.05) is 30.5 Å². The zero-order valence-electron chi connectivity index (χ0n) is 14.7. The van der Waals surface area contributed by atoms with Crippen molar-refractivity contribution in [3.63, 3.8) is 0 Å². The summed E-state index contributed by atoms with van der Waals surface area (Å²) in [6.07, 6.45) is 1.54. The summed E-state index contributed by atoms with van der Waals surface area (Å²) in [5.74, 6) is -4.52. The maximum absolute atomic E-state index is 13.6. The smallest absolute Gasteiger partial charge is 0.388 e. The molecule has 11 heteroatoms. The summed E-state index contributed by atoms with van der Waals surface area (Å²) >= 11 is 7.81. The Bertz CT molecular complexity index is 909. The Labute approximate surface area is 176 Å². The third-order valence-electron chi connectivity index (χ3n) is 4.41. The number of pyridine rings is 1. The highest BCUT2D eigenvalue weighted by molar-refractivity contribution is 9.10. The molecule has 1 aliphatic rings. The van der Waals surface area contributed by atoms with E-state index >= 15 is 0 Å². The fourth-order valence-electron chi connectivity index (χ4n) is 2.85. The quantitative estimate of drug-likeness (QED) is 0.469. The highest BCUT2D eigenvalue weighted by atomic mass is 79.9. The highest BCUT2D eigenvalue weighted by Gasteiger charge is 2.56. The van der Waals surface area contributed by atoms with Gasteiger partial charge in [-0.3, -0.25) is 4.79 Å². The third kappa shape index (κ3) is 4.65. The molecule has 5 nitrogen and oxygen atoms in total. The first-order valence-corrected chi connectivity index (χ1v) is 9.61. The van der Waals surface area contributed by atoms with Crippen molar-refractivity contribution < 1.29 is 27.5 Å². The largest absolute Gasteiger partial charge is 0.391 e. The average Bonchev–Trinajstić information content (AvgIpc) is 3.07. The second-order valence-electron chi connectivity index (χ2n) is 6.52. The molecule has 0 spiro atoms. The van der Waals surface area contributed by atoms with Gasteiger partial charge in [0.25, 0.3) is 5.91 Å². The lowest BCUT2D eigenvalue weighted by Crippen LogP contribution is -2.32. The molecule has 156 valence electrons. The monoisotopic (exact) mass is 495 g/mol. The van der Waals surface area contributed by atoms with E-state index in [9.17, 15) is 27.5 Å². The fraction of sp³-hybridized carbons (Fsp3) is 0.333. The predicted octanol–water partition coefficient (Wildman–Crippen LogP) is 4.59. The topological polar surface area (TPSA) is 65.5 Å². The van der Waals surface area contributed by atoms with Crippen molar-refractivity contribution in [3.8, 4) is 0 Å². The number of aromatic nitrogens is 1. The van der Waals surface area contributed by atoms with Crippen LogP contribution in [-0.2, 0) is 5.92 Å². The van der Waals surface area contributed by atoms with E-state index in [-0.39, 0.29) is 11.3 Å². The molecular weight excluding hydrogens is 482 g/mol. The summed E-state index contributed by atoms with van der Waals surface area (Å²) in [5.41, 5.74) is -0.644. The maximum Gasteiger partial charge on any atom is 0.388 e. The van der Waals surface area contributed by atoms with Crippen molar-refractivity contribution in [1.82, 2.24) is 4.98 Å². The molecule has 1 saturated heterocycles. The molecule has 0 saturated carbocycles. The number of halogens is 6. The number of hydrogen-bond acceptors (Lipinski definition) is 4. The molecule has 0 unspecified atom stereocenters. The number of amides is 1. The van der Waals surface area contributed by atoms with Crippen LogP contribution in [0.2, 0.25) is 0 Å². The zero-order chi connectivity index (χ0) is 21.4. The van der Waals surface area contributed by atoms with Gasteiger partial charge in [-0.05, 0) is 52.2 Å². The number of nitrogens with zero attached hydrogens (tertiary/aromatic N) is 2. The Balaban J connectivity index is 1.71. The first-order chi connectivity index (χ1) is 13.5. The van der Waals surface area contributed by atoms with Gasteiger partial charge in [-0.25, -0.2) is 4.98 Å². The van der Waals surface area contributed by atoms with Crippen molar-refractivity contribution in [1.29, 1.82) is 0 Å². The number of anilines is 2. The average molecular weight is 497 g/mol. The SMILES string of the molecule is O=C(Nc1ccc(C(F)(F)C(F)(F)Cl)cc1)c1cnc(N2CC[C@@H](O)C2)c(Br)c1. The lowest BCUT2D eigenvalue weighted by atomic mass is 10.1. The van der Waals surface area contributed by atoms with E-state index in [1.54, 1.807) is 6.07 Å². The van der Waals surface area contributed by atoms with Gasteiger partial charge < -0.3 is 15.3 Å². The Morgan fingerprint density at radius 3 is 2.45 bits per heavy atom. The van der Waals surface area contributed by atoms with Crippen LogP contribution >= 0.6 is 27.5 Å². The molecule has 0 radical (unpaired) electrons. The summed E-state index contributed by atoms with van der Waals surface area (Å²) in [4.78, 5) is 18.5. The number of benzene rings is 1. The number of nitrogens with one attached hydrogen (secondary N) is 1. The van der Waals surface area contributed by atoms with Gasteiger partial charge in [0.05, 0.1) is 16.1 Å². The fourth-order valence-corrected chi connectivity index (χ4v) is 3.56. The number of rotatable bonds is 5. The van der Waals surface area contributed by atoms with Crippen molar-refractivity contribution in [2.24, 2.45) is 0 Å². The van der Waals surface area contributed by atoms with E-state index in [1.807, 2.05) is 4.90 Å². The molecule has 2 N–H and O–H groups in total. The molecule has 1 aromatic heterocycles. The number of aliphatic hydroxyl groups excluding tert-OH is 1. The van der Waals surface area contributed by atoms with Gasteiger partial charge in [0.1, 0.15) is 5.82 Å². The van der Waals surface area contributed by atoms with Gasteiger partial charge in [0.2, 0.25) is 0 Å². The van der Waals surface area contributed by atoms with Crippen LogP contribution in [0.1, 0.15) is 22.3 Å². The Hall–Kier alpha value is -1.91. The molecule has 1 aliphatic heterocycles. The standard InChI is InChI=1S/C18H15BrClF4N3O2/c19-14-7-10(8-25-15(14)27-6-5-13(28)9-27)16(29)26-12-3-1-11(2-4-12)17(21,22)18(20,23)24/h1-4,7-8,13,28H,5-6,9H2,(H,26,29)/t13-/m1/s1. The molecule has 1 amide bonds. The molecule has 3 rings (SSSR count). The first-order valence-electron chi connectivity index (χ1n) is 8.44. The van der Waals surface area contributed by atoms with Crippen LogP contribution in [0.25, 0.3) is 0 Å². The second kappa shape index (κ2) is 8.08. The summed E-state index contributed by atoms with van der Waals surface area (Å²) in [6.45, 7) is 1.08. The number of hydrogen-bond donors (Lipinski definition) is 2. The minimum Gasteiger partial charge on any atom is -0.391 e. The summed E-state index contributed by atoms with van der Waals surface area (Å²) < 4.78 is 53.3. The van der Waals surface area contributed by atoms with E-state index in [2.05, 4.69) is 37.8 Å². The van der Waals surface area contributed by atoms with Gasteiger partial charge in [-0.15, -0.1) is 0 Å². The van der Waals surface area contributed by atoms with Gasteiger partial charge in [0.15, 0.2) is 0 Å². The van der Waals surface area contributed by atoms with E-state index in [1.165, 1.54) is 6.20 Å². The lowest BCUT2D eigenvalue weighted by Gasteiger charge is -2.21. The van der Waals surface area contributed by atoms with Crippen LogP contribution < -0.4 is 10.2 Å². The number of β-amino-alcohol motifs (C(OH)–C–C–N with tert-alkyl or cyclic N) is 1. The minimum absolute atomic E-state index is 0.135. The summed E-state index contributed by atoms with van der Waals surface area (Å²) in [7, 11) is 0. The second-order valence-corrected chi connectivity index (χ2v) is 7.85. The number of carbonyl (C=O) groups is 1. The number of alkyl halides is 5. The number of aliphatic hydroxyl groups is 1. The van der Waals surface area contributed by atoms with Gasteiger partial charge in [-0.1, -0.05) is 12.1 Å². The van der Waals surface area contributed by atoms with E-state index < -0.39 is 28.9 Å².